The van der Waals surface area contributed by atoms with Crippen LogP contribution in [-0.4, -0.2) is 17.0 Å². The normalized spacial score (nSPS) is 15.8. The summed E-state index contributed by atoms with van der Waals surface area (Å²) < 4.78 is 19.2. The van der Waals surface area contributed by atoms with Crippen molar-refractivity contribution in [1.29, 1.82) is 0 Å². The van der Waals surface area contributed by atoms with Gasteiger partial charge in [-0.3, -0.25) is 4.79 Å². The molecular weight excluding hydrogens is 391 g/mol. The maximum Gasteiger partial charge on any atom is 0.261 e. The van der Waals surface area contributed by atoms with Gasteiger partial charge in [0.1, 0.15) is 12.1 Å². The molecule has 0 aliphatic heterocycles. The number of carbonyl (C=O) groups is 1. The molecule has 2 N–H and O–H groups in total. The van der Waals surface area contributed by atoms with Crippen LogP contribution in [0.3, 0.4) is 0 Å². The second-order valence-electron chi connectivity index (χ2n) is 6.92. The van der Waals surface area contributed by atoms with Gasteiger partial charge in [-0.05, 0) is 55.9 Å². The van der Waals surface area contributed by atoms with E-state index in [1.165, 1.54) is 16.8 Å². The Morgan fingerprint density at radius 3 is 2.93 bits per heavy atom. The predicted octanol–water partition coefficient (Wildman–Crippen LogP) is 6.07. The van der Waals surface area contributed by atoms with Crippen LogP contribution in [0, 0.1) is 0 Å². The maximum absolute atomic E-state index is 13.9. The van der Waals surface area contributed by atoms with E-state index in [0.29, 0.717) is 18.0 Å². The van der Waals surface area contributed by atoms with Gasteiger partial charge < -0.3 is 15.0 Å². The average Bonchev–Trinajstić information content (AvgIpc) is 3.14. The summed E-state index contributed by atoms with van der Waals surface area (Å²) in [5.41, 5.74) is 4.79. The average molecular weight is 421 g/mol. The summed E-state index contributed by atoms with van der Waals surface area (Å²) in [7, 11) is 0. The molecule has 0 fully saturated rings. The Bertz CT molecular complexity index is 821. The Morgan fingerprint density at radius 2 is 2.24 bits per heavy atom. The smallest absolute Gasteiger partial charge is 0.261 e. The molecule has 1 aliphatic rings. The molecular formula is C23H30ClFN2O2. The van der Waals surface area contributed by atoms with Gasteiger partial charge in [0.2, 0.25) is 0 Å². The molecule has 0 saturated heterocycles. The van der Waals surface area contributed by atoms with Crippen LogP contribution in [0.2, 0.25) is 0 Å². The Balaban J connectivity index is 1.89. The molecule has 0 aromatic carbocycles. The quantitative estimate of drug-likeness (QED) is 0.356. The minimum atomic E-state index is -0.744. The molecule has 0 saturated carbocycles. The number of amides is 1. The van der Waals surface area contributed by atoms with E-state index in [4.69, 9.17) is 16.3 Å². The Morgan fingerprint density at radius 1 is 1.45 bits per heavy atom. The Hall–Kier alpha value is -2.27. The molecule has 1 heterocycles. The number of hydrogen-bond donors (Lipinski definition) is 2. The summed E-state index contributed by atoms with van der Waals surface area (Å²) >= 11 is 5.89. The van der Waals surface area contributed by atoms with Crippen molar-refractivity contribution in [3.05, 3.63) is 64.4 Å². The zero-order valence-corrected chi connectivity index (χ0v) is 18.1. The van der Waals surface area contributed by atoms with Crippen molar-refractivity contribution in [2.45, 2.75) is 65.5 Å². The first-order chi connectivity index (χ1) is 14.0. The molecule has 158 valence electrons. The lowest BCUT2D eigenvalue weighted by molar-refractivity contribution is -0.130. The summed E-state index contributed by atoms with van der Waals surface area (Å²) in [5, 5.41) is 3.33. The number of aromatic amines is 1. The van der Waals surface area contributed by atoms with Gasteiger partial charge in [-0.15, -0.1) is 0 Å². The molecule has 6 heteroatoms. The molecule has 29 heavy (non-hydrogen) atoms. The van der Waals surface area contributed by atoms with E-state index in [0.717, 1.165) is 31.2 Å². The van der Waals surface area contributed by atoms with Gasteiger partial charge in [0.25, 0.3) is 5.91 Å². The van der Waals surface area contributed by atoms with Gasteiger partial charge in [0, 0.05) is 22.8 Å². The van der Waals surface area contributed by atoms with Crippen LogP contribution in [-0.2, 0) is 22.5 Å². The van der Waals surface area contributed by atoms with Crippen molar-refractivity contribution >= 4 is 23.1 Å². The van der Waals surface area contributed by atoms with Crippen LogP contribution in [0.4, 0.5) is 4.39 Å². The number of halogens is 2. The summed E-state index contributed by atoms with van der Waals surface area (Å²) in [6.07, 6.45) is 11.0. The van der Waals surface area contributed by atoms with E-state index in [-0.39, 0.29) is 12.3 Å². The highest BCUT2D eigenvalue weighted by Gasteiger charge is 2.19. The third-order valence-corrected chi connectivity index (χ3v) is 5.04. The number of aryl methyl sites for hydroxylation is 1. The van der Waals surface area contributed by atoms with Crippen molar-refractivity contribution in [3.63, 3.8) is 0 Å². The fourth-order valence-electron chi connectivity index (χ4n) is 3.24. The first kappa shape index (κ1) is 23.0. The number of rotatable bonds is 10. The van der Waals surface area contributed by atoms with E-state index in [1.54, 1.807) is 18.2 Å². The van der Waals surface area contributed by atoms with Crippen molar-refractivity contribution < 1.29 is 13.9 Å². The van der Waals surface area contributed by atoms with Gasteiger partial charge in [-0.25, -0.2) is 4.39 Å². The van der Waals surface area contributed by atoms with Crippen molar-refractivity contribution in [2.24, 2.45) is 0 Å². The first-order valence-corrected chi connectivity index (χ1v) is 10.5. The standard InChI is InChI=1S/C23H30ClFN2O2/c1-4-8-17(24)11-12-18(25)15-29-22(6-3)23(28)26-14-19-13-20-16(5-2)9-7-10-21(20)27-19/h4,8-9,11,13,15,22,27H,5-7,10,12,14H2,1-3H3,(H,26,28)/b8-4-,17-11?,18-15-. The summed E-state index contributed by atoms with van der Waals surface area (Å²) in [4.78, 5) is 15.8. The Labute approximate surface area is 177 Å². The van der Waals surface area contributed by atoms with E-state index < -0.39 is 11.9 Å². The highest BCUT2D eigenvalue weighted by molar-refractivity contribution is 6.31. The van der Waals surface area contributed by atoms with Gasteiger partial charge in [0.05, 0.1) is 6.54 Å². The fourth-order valence-corrected chi connectivity index (χ4v) is 3.44. The number of allylic oxidation sites excluding steroid dienone is 7. The number of H-pyrrole nitrogens is 1. The zero-order valence-electron chi connectivity index (χ0n) is 17.4. The minimum Gasteiger partial charge on any atom is -0.486 e. The monoisotopic (exact) mass is 420 g/mol. The van der Waals surface area contributed by atoms with Gasteiger partial charge in [0.15, 0.2) is 6.10 Å². The molecule has 0 spiro atoms. The number of carbonyl (C=O) groups excluding carboxylic acids is 1. The summed E-state index contributed by atoms with van der Waals surface area (Å²) in [6.45, 7) is 6.19. The topological polar surface area (TPSA) is 54.1 Å². The lowest BCUT2D eigenvalue weighted by Gasteiger charge is -2.14. The molecule has 4 nitrogen and oxygen atoms in total. The first-order valence-electron chi connectivity index (χ1n) is 10.1. The number of ether oxygens (including phenoxy) is 1. The molecule has 0 bridgehead atoms. The van der Waals surface area contributed by atoms with Crippen LogP contribution in [0.25, 0.3) is 5.57 Å². The van der Waals surface area contributed by atoms with Crippen molar-refractivity contribution in [3.8, 4) is 0 Å². The molecule has 1 aliphatic carbocycles. The van der Waals surface area contributed by atoms with Crippen LogP contribution >= 0.6 is 11.6 Å². The van der Waals surface area contributed by atoms with Crippen LogP contribution in [0.5, 0.6) is 0 Å². The molecule has 1 amide bonds. The molecule has 2 rings (SSSR count). The second-order valence-corrected chi connectivity index (χ2v) is 7.35. The number of fused-ring (bicyclic) bond motifs is 1. The molecule has 1 aromatic rings. The number of nitrogens with one attached hydrogen (secondary N) is 2. The Kier molecular flexibility index (Phi) is 9.26. The van der Waals surface area contributed by atoms with Crippen molar-refractivity contribution in [1.82, 2.24) is 10.3 Å². The van der Waals surface area contributed by atoms with E-state index in [1.807, 2.05) is 13.8 Å². The zero-order chi connectivity index (χ0) is 21.2. The van der Waals surface area contributed by atoms with Gasteiger partial charge in [-0.1, -0.05) is 43.7 Å². The van der Waals surface area contributed by atoms with Crippen molar-refractivity contribution in [2.75, 3.05) is 0 Å². The molecule has 1 unspecified atom stereocenters. The van der Waals surface area contributed by atoms with Crippen LogP contribution < -0.4 is 5.32 Å². The highest BCUT2D eigenvalue weighted by Crippen LogP contribution is 2.29. The molecule has 0 radical (unpaired) electrons. The fraction of sp³-hybridized carbons (Fsp3) is 0.435. The number of hydrogen-bond acceptors (Lipinski definition) is 2. The lowest BCUT2D eigenvalue weighted by Crippen LogP contribution is -2.34. The minimum absolute atomic E-state index is 0.0164. The van der Waals surface area contributed by atoms with Gasteiger partial charge >= 0.3 is 0 Å². The predicted molar refractivity (Wildman–Crippen MR) is 117 cm³/mol. The summed E-state index contributed by atoms with van der Waals surface area (Å²) in [6, 6.07) is 2.10. The third-order valence-electron chi connectivity index (χ3n) is 4.76. The molecule has 1 aromatic heterocycles. The third kappa shape index (κ3) is 6.93. The highest BCUT2D eigenvalue weighted by atomic mass is 35.5. The second kappa shape index (κ2) is 11.7. The van der Waals surface area contributed by atoms with Crippen LogP contribution in [0.15, 0.2) is 47.5 Å². The largest absolute Gasteiger partial charge is 0.486 e. The maximum atomic E-state index is 13.9. The SMILES string of the molecule is C/C=C\C(Cl)=CC/C(F)=C/OC(CC)C(=O)NCc1cc2c([nH]1)CCC=C2CC. The van der Waals surface area contributed by atoms with E-state index in [9.17, 15) is 9.18 Å². The number of aromatic nitrogens is 1. The molecule has 1 atom stereocenters. The van der Waals surface area contributed by atoms with E-state index in [2.05, 4.69) is 29.4 Å². The van der Waals surface area contributed by atoms with Gasteiger partial charge in [-0.2, -0.15) is 0 Å². The van der Waals surface area contributed by atoms with E-state index >= 15 is 0 Å². The lowest BCUT2D eigenvalue weighted by atomic mass is 9.95. The van der Waals surface area contributed by atoms with Crippen LogP contribution in [0.1, 0.15) is 63.4 Å². The summed E-state index contributed by atoms with van der Waals surface area (Å²) in [5.74, 6) is -0.757.